The smallest absolute Gasteiger partial charge is 0.275 e. The van der Waals surface area contributed by atoms with E-state index in [1.54, 1.807) is 0 Å². The summed E-state index contributed by atoms with van der Waals surface area (Å²) >= 11 is 0. The predicted octanol–water partition coefficient (Wildman–Crippen LogP) is 1.70. The fraction of sp³-hybridized carbons (Fsp3) is 0.389. The number of nitrogens with one attached hydrogen (secondary N) is 2. The largest absolute Gasteiger partial charge is 0.345 e. The van der Waals surface area contributed by atoms with Crippen molar-refractivity contribution in [2.24, 2.45) is 0 Å². The Morgan fingerprint density at radius 3 is 2.67 bits per heavy atom. The van der Waals surface area contributed by atoms with E-state index in [4.69, 9.17) is 0 Å². The van der Waals surface area contributed by atoms with Crippen LogP contribution in [0.15, 0.2) is 42.5 Å². The van der Waals surface area contributed by atoms with E-state index < -0.39 is 0 Å². The lowest BCUT2D eigenvalue weighted by molar-refractivity contribution is -0.879. The quantitative estimate of drug-likeness (QED) is 0.880. The number of carbonyl (C=O) groups excluding carboxylic acids is 1. The van der Waals surface area contributed by atoms with E-state index >= 15 is 0 Å². The van der Waals surface area contributed by atoms with Crippen LogP contribution < -0.4 is 10.2 Å². The van der Waals surface area contributed by atoms with Gasteiger partial charge in [-0.3, -0.25) is 4.79 Å². The van der Waals surface area contributed by atoms with Crippen molar-refractivity contribution in [1.29, 1.82) is 0 Å². The number of hydrogen-bond acceptors (Lipinski definition) is 1. The van der Waals surface area contributed by atoms with Crippen LogP contribution in [0.2, 0.25) is 0 Å². The van der Waals surface area contributed by atoms with Gasteiger partial charge in [-0.1, -0.05) is 42.5 Å². The molecule has 1 saturated heterocycles. The Morgan fingerprint density at radius 2 is 1.86 bits per heavy atom. The average Bonchev–Trinajstić information content (AvgIpc) is 2.99. The Kier molecular flexibility index (Phi) is 4.20. The Labute approximate surface area is 125 Å². The molecule has 0 aromatic heterocycles. The van der Waals surface area contributed by atoms with Crippen LogP contribution in [0, 0.1) is 0 Å². The Balaban J connectivity index is 1.71. The SMILES string of the molecule is C[C@@H](NC(=O)C[NH+]1CCCC1)c1cccc2ccccc12. The van der Waals surface area contributed by atoms with Gasteiger partial charge in [0.1, 0.15) is 0 Å². The van der Waals surface area contributed by atoms with Crippen molar-refractivity contribution in [1.82, 2.24) is 5.32 Å². The lowest BCUT2D eigenvalue weighted by Gasteiger charge is -2.18. The molecule has 1 aliphatic rings. The zero-order valence-corrected chi connectivity index (χ0v) is 12.6. The number of quaternary nitrogens is 1. The fourth-order valence-electron chi connectivity index (χ4n) is 3.28. The molecule has 110 valence electrons. The van der Waals surface area contributed by atoms with Crippen molar-refractivity contribution in [3.63, 3.8) is 0 Å². The first-order valence-electron chi connectivity index (χ1n) is 7.84. The molecule has 0 saturated carbocycles. The lowest BCUT2D eigenvalue weighted by Crippen LogP contribution is -3.11. The highest BCUT2D eigenvalue weighted by atomic mass is 16.2. The minimum atomic E-state index is 0.0469. The molecule has 0 aliphatic carbocycles. The van der Waals surface area contributed by atoms with Gasteiger partial charge >= 0.3 is 0 Å². The highest BCUT2D eigenvalue weighted by molar-refractivity contribution is 5.87. The Hall–Kier alpha value is -1.87. The van der Waals surface area contributed by atoms with Crippen molar-refractivity contribution < 1.29 is 9.69 Å². The number of carbonyl (C=O) groups is 1. The van der Waals surface area contributed by atoms with Gasteiger partial charge in [0.25, 0.3) is 5.91 Å². The molecular weight excluding hydrogens is 260 g/mol. The average molecular weight is 283 g/mol. The third-order valence-electron chi connectivity index (χ3n) is 4.39. The summed E-state index contributed by atoms with van der Waals surface area (Å²) in [4.78, 5) is 13.6. The predicted molar refractivity (Wildman–Crippen MR) is 85.3 cm³/mol. The minimum Gasteiger partial charge on any atom is -0.345 e. The number of hydrogen-bond donors (Lipinski definition) is 2. The summed E-state index contributed by atoms with van der Waals surface area (Å²) in [5, 5.41) is 5.60. The number of likely N-dealkylation sites (tertiary alicyclic amines) is 1. The molecule has 2 aromatic rings. The fourth-order valence-corrected chi connectivity index (χ4v) is 3.28. The van der Waals surface area contributed by atoms with E-state index in [9.17, 15) is 4.79 Å². The maximum Gasteiger partial charge on any atom is 0.275 e. The normalized spacial score (nSPS) is 17.0. The van der Waals surface area contributed by atoms with Crippen LogP contribution >= 0.6 is 0 Å². The number of fused-ring (bicyclic) bond motifs is 1. The summed E-state index contributed by atoms with van der Waals surface area (Å²) < 4.78 is 0. The van der Waals surface area contributed by atoms with Crippen LogP contribution in [0.1, 0.15) is 31.4 Å². The number of benzene rings is 2. The molecule has 3 heteroatoms. The molecule has 1 aliphatic heterocycles. The molecule has 0 spiro atoms. The zero-order chi connectivity index (χ0) is 14.7. The number of rotatable bonds is 4. The molecule has 0 unspecified atom stereocenters. The molecular formula is C18H23N2O+. The maximum atomic E-state index is 12.2. The molecule has 1 fully saturated rings. The van der Waals surface area contributed by atoms with Gasteiger partial charge in [-0.15, -0.1) is 0 Å². The van der Waals surface area contributed by atoms with Gasteiger partial charge in [-0.2, -0.15) is 0 Å². The first-order valence-corrected chi connectivity index (χ1v) is 7.84. The zero-order valence-electron chi connectivity index (χ0n) is 12.6. The van der Waals surface area contributed by atoms with E-state index in [1.165, 1.54) is 34.1 Å². The molecule has 1 atom stereocenters. The van der Waals surface area contributed by atoms with Gasteiger partial charge in [0.05, 0.1) is 19.1 Å². The molecule has 2 N–H and O–H groups in total. The lowest BCUT2D eigenvalue weighted by atomic mass is 10.00. The van der Waals surface area contributed by atoms with Crippen molar-refractivity contribution in [3.8, 4) is 0 Å². The van der Waals surface area contributed by atoms with Gasteiger partial charge in [-0.05, 0) is 23.3 Å². The van der Waals surface area contributed by atoms with E-state index in [-0.39, 0.29) is 11.9 Å². The van der Waals surface area contributed by atoms with Crippen LogP contribution in [0.25, 0.3) is 10.8 Å². The molecule has 3 nitrogen and oxygen atoms in total. The summed E-state index contributed by atoms with van der Waals surface area (Å²) in [5.41, 5.74) is 1.19. The second-order valence-electron chi connectivity index (χ2n) is 5.99. The Bertz CT molecular complexity index is 627. The molecule has 0 bridgehead atoms. The van der Waals surface area contributed by atoms with Crippen molar-refractivity contribution in [2.75, 3.05) is 19.6 Å². The van der Waals surface area contributed by atoms with Gasteiger partial charge in [0.15, 0.2) is 6.54 Å². The Morgan fingerprint density at radius 1 is 1.14 bits per heavy atom. The van der Waals surface area contributed by atoms with E-state index in [0.29, 0.717) is 6.54 Å². The summed E-state index contributed by atoms with van der Waals surface area (Å²) in [7, 11) is 0. The molecule has 21 heavy (non-hydrogen) atoms. The topological polar surface area (TPSA) is 33.5 Å². The highest BCUT2D eigenvalue weighted by Crippen LogP contribution is 2.23. The molecule has 1 amide bonds. The van der Waals surface area contributed by atoms with Gasteiger partial charge < -0.3 is 10.2 Å². The third kappa shape index (κ3) is 3.24. The van der Waals surface area contributed by atoms with Crippen molar-refractivity contribution in [2.45, 2.75) is 25.8 Å². The van der Waals surface area contributed by atoms with Crippen LogP contribution in [0.5, 0.6) is 0 Å². The second-order valence-corrected chi connectivity index (χ2v) is 5.99. The van der Waals surface area contributed by atoms with E-state index in [2.05, 4.69) is 48.6 Å². The standard InChI is InChI=1S/C18H22N2O/c1-14(19-18(21)13-20-11-4-5-12-20)16-10-6-8-15-7-2-3-9-17(15)16/h2-3,6-10,14H,4-5,11-13H2,1H3,(H,19,21)/p+1/t14-/m1/s1. The molecule has 3 rings (SSSR count). The van der Waals surface area contributed by atoms with Crippen LogP contribution in [-0.4, -0.2) is 25.5 Å². The minimum absolute atomic E-state index is 0.0469. The monoisotopic (exact) mass is 283 g/mol. The maximum absolute atomic E-state index is 12.2. The molecule has 2 aromatic carbocycles. The summed E-state index contributed by atoms with van der Waals surface area (Å²) in [6, 6.07) is 14.7. The molecule has 1 heterocycles. The van der Waals surface area contributed by atoms with Gasteiger partial charge in [-0.25, -0.2) is 0 Å². The first kappa shape index (κ1) is 14.1. The van der Waals surface area contributed by atoms with E-state index in [1.807, 2.05) is 6.07 Å². The molecule has 0 radical (unpaired) electrons. The summed E-state index contributed by atoms with van der Waals surface area (Å²) in [5.74, 6) is 0.160. The summed E-state index contributed by atoms with van der Waals surface area (Å²) in [6.45, 7) is 4.94. The van der Waals surface area contributed by atoms with E-state index in [0.717, 1.165) is 13.1 Å². The van der Waals surface area contributed by atoms with Crippen molar-refractivity contribution >= 4 is 16.7 Å². The summed E-state index contributed by atoms with van der Waals surface area (Å²) in [6.07, 6.45) is 2.50. The number of amides is 1. The van der Waals surface area contributed by atoms with Gasteiger partial charge in [0.2, 0.25) is 0 Å². The van der Waals surface area contributed by atoms with Crippen LogP contribution in [-0.2, 0) is 4.79 Å². The highest BCUT2D eigenvalue weighted by Gasteiger charge is 2.20. The van der Waals surface area contributed by atoms with Crippen LogP contribution in [0.3, 0.4) is 0 Å². The van der Waals surface area contributed by atoms with Crippen LogP contribution in [0.4, 0.5) is 0 Å². The van der Waals surface area contributed by atoms with Gasteiger partial charge in [0, 0.05) is 12.8 Å². The third-order valence-corrected chi connectivity index (χ3v) is 4.39. The first-order chi connectivity index (χ1) is 10.2. The second kappa shape index (κ2) is 6.27. The van der Waals surface area contributed by atoms with Crippen molar-refractivity contribution in [3.05, 3.63) is 48.0 Å².